The molecule has 0 N–H and O–H groups in total. The van der Waals surface area contributed by atoms with Gasteiger partial charge in [0.05, 0.1) is 0 Å². The van der Waals surface area contributed by atoms with E-state index in [0.29, 0.717) is 22.7 Å². The average molecular weight is 322 g/mol. The van der Waals surface area contributed by atoms with E-state index in [9.17, 15) is 4.79 Å². The van der Waals surface area contributed by atoms with Crippen molar-refractivity contribution in [2.24, 2.45) is 5.92 Å². The Labute approximate surface area is 123 Å². The summed E-state index contributed by atoms with van der Waals surface area (Å²) in [6.45, 7) is 4.33. The predicted octanol–water partition coefficient (Wildman–Crippen LogP) is 3.70. The largest absolute Gasteiger partial charge is 0.309 e. The molecule has 1 fully saturated rings. The molecule has 0 saturated heterocycles. The number of nitrogens with zero attached hydrogens (tertiary/aromatic N) is 1. The zero-order valence-corrected chi connectivity index (χ0v) is 13.1. The molecule has 0 bridgehead atoms. The molecule has 1 heterocycles. The Bertz CT molecular complexity index is 507. The van der Waals surface area contributed by atoms with E-state index in [2.05, 4.69) is 48.0 Å². The van der Waals surface area contributed by atoms with Crippen LogP contribution in [-0.4, -0.2) is 16.8 Å². The summed E-state index contributed by atoms with van der Waals surface area (Å²) in [4.78, 5) is 14.9. The van der Waals surface area contributed by atoms with Gasteiger partial charge in [-0.15, -0.1) is 0 Å². The molecule has 2 unspecified atom stereocenters. The molecule has 1 aromatic carbocycles. The Morgan fingerprint density at radius 3 is 2.84 bits per heavy atom. The van der Waals surface area contributed by atoms with Crippen LogP contribution in [-0.2, 0) is 17.6 Å². The van der Waals surface area contributed by atoms with Crippen molar-refractivity contribution < 1.29 is 4.79 Å². The highest BCUT2D eigenvalue weighted by Crippen LogP contribution is 2.39. The van der Waals surface area contributed by atoms with Gasteiger partial charge in [-0.1, -0.05) is 35.0 Å². The number of hydrogen-bond acceptors (Lipinski definition) is 1. The number of hydrogen-bond donors (Lipinski definition) is 0. The molecule has 1 saturated carbocycles. The maximum absolute atomic E-state index is 12.4. The number of alkyl halides is 1. The Morgan fingerprint density at radius 1 is 1.47 bits per heavy atom. The van der Waals surface area contributed by atoms with Crippen molar-refractivity contribution in [1.82, 2.24) is 0 Å². The van der Waals surface area contributed by atoms with E-state index in [1.165, 1.54) is 11.1 Å². The first-order valence-electron chi connectivity index (χ1n) is 7.15. The van der Waals surface area contributed by atoms with Gasteiger partial charge in [0.15, 0.2) is 0 Å². The van der Waals surface area contributed by atoms with E-state index in [4.69, 9.17) is 0 Å². The van der Waals surface area contributed by atoms with Crippen molar-refractivity contribution in [2.75, 3.05) is 4.90 Å². The van der Waals surface area contributed by atoms with Crippen LogP contribution in [0.1, 0.15) is 37.8 Å². The lowest BCUT2D eigenvalue weighted by Gasteiger charge is -2.22. The first-order valence-corrected chi connectivity index (χ1v) is 8.06. The minimum absolute atomic E-state index is 0.302. The summed E-state index contributed by atoms with van der Waals surface area (Å²) >= 11 is 3.60. The van der Waals surface area contributed by atoms with Gasteiger partial charge < -0.3 is 4.90 Å². The number of rotatable bonds is 3. The van der Waals surface area contributed by atoms with Gasteiger partial charge in [0.2, 0.25) is 5.91 Å². The molecule has 1 amide bonds. The fourth-order valence-corrected chi connectivity index (χ4v) is 3.37. The summed E-state index contributed by atoms with van der Waals surface area (Å²) in [5, 5.41) is 0. The van der Waals surface area contributed by atoms with Gasteiger partial charge >= 0.3 is 0 Å². The van der Waals surface area contributed by atoms with E-state index in [1.807, 2.05) is 4.90 Å². The van der Waals surface area contributed by atoms with Gasteiger partial charge in [-0.2, -0.15) is 0 Å². The van der Waals surface area contributed by atoms with Gasteiger partial charge in [-0.25, -0.2) is 0 Å². The van der Waals surface area contributed by atoms with Crippen LogP contribution >= 0.6 is 15.9 Å². The molecule has 3 rings (SSSR count). The summed E-state index contributed by atoms with van der Waals surface area (Å²) < 4.78 is 0. The van der Waals surface area contributed by atoms with Gasteiger partial charge in [-0.05, 0) is 49.8 Å². The Balaban J connectivity index is 1.87. The van der Waals surface area contributed by atoms with E-state index in [-0.39, 0.29) is 0 Å². The van der Waals surface area contributed by atoms with Crippen molar-refractivity contribution in [3.63, 3.8) is 0 Å². The third-order valence-electron chi connectivity index (χ3n) is 4.04. The molecule has 1 aliphatic carbocycles. The maximum atomic E-state index is 12.4. The van der Waals surface area contributed by atoms with E-state index < -0.39 is 0 Å². The quantitative estimate of drug-likeness (QED) is 0.777. The number of carbonyl (C=O) groups is 1. The van der Waals surface area contributed by atoms with Crippen LogP contribution in [0.5, 0.6) is 0 Å². The third-order valence-corrected chi connectivity index (χ3v) is 4.36. The first-order chi connectivity index (χ1) is 9.06. The molecule has 1 aliphatic heterocycles. The molecule has 1 aromatic rings. The molecule has 0 aromatic heterocycles. The molecule has 2 nitrogen and oxygen atoms in total. The van der Waals surface area contributed by atoms with Crippen LogP contribution in [0.4, 0.5) is 5.69 Å². The van der Waals surface area contributed by atoms with E-state index >= 15 is 0 Å². The number of halogens is 1. The van der Waals surface area contributed by atoms with Crippen LogP contribution in [0.25, 0.3) is 0 Å². The predicted molar refractivity (Wildman–Crippen MR) is 81.9 cm³/mol. The van der Waals surface area contributed by atoms with Gasteiger partial charge in [0.1, 0.15) is 0 Å². The molecule has 102 valence electrons. The molecule has 19 heavy (non-hydrogen) atoms. The lowest BCUT2D eigenvalue weighted by atomic mass is 10.0. The normalized spacial score (nSPS) is 23.3. The SMILES string of the molecule is CC(Br)Cc1ccc2c(c1)CC(C)N2C(=O)C1CC1. The molecule has 0 radical (unpaired) electrons. The zero-order valence-electron chi connectivity index (χ0n) is 11.5. The van der Waals surface area contributed by atoms with Crippen molar-refractivity contribution in [3.05, 3.63) is 29.3 Å². The van der Waals surface area contributed by atoms with Crippen LogP contribution in [0.3, 0.4) is 0 Å². The van der Waals surface area contributed by atoms with E-state index in [0.717, 1.165) is 31.4 Å². The van der Waals surface area contributed by atoms with Crippen LogP contribution in [0.2, 0.25) is 0 Å². The van der Waals surface area contributed by atoms with Crippen molar-refractivity contribution in [3.8, 4) is 0 Å². The summed E-state index contributed by atoms with van der Waals surface area (Å²) in [6.07, 6.45) is 4.20. The van der Waals surface area contributed by atoms with Crippen LogP contribution in [0, 0.1) is 5.92 Å². The highest BCUT2D eigenvalue weighted by molar-refractivity contribution is 9.09. The fraction of sp³-hybridized carbons (Fsp3) is 0.562. The Morgan fingerprint density at radius 2 is 2.21 bits per heavy atom. The topological polar surface area (TPSA) is 20.3 Å². The number of benzene rings is 1. The summed E-state index contributed by atoms with van der Waals surface area (Å²) in [5.74, 6) is 0.642. The average Bonchev–Trinajstić information content (AvgIpc) is 3.11. The molecule has 3 heteroatoms. The standard InChI is InChI=1S/C16H20BrNO/c1-10(17)7-12-3-6-15-14(9-12)8-11(2)18(15)16(19)13-4-5-13/h3,6,9-11,13H,4-5,7-8H2,1-2H3. The highest BCUT2D eigenvalue weighted by atomic mass is 79.9. The first kappa shape index (κ1) is 13.2. The summed E-state index contributed by atoms with van der Waals surface area (Å²) in [5.41, 5.74) is 3.85. The Kier molecular flexibility index (Phi) is 3.42. The van der Waals surface area contributed by atoms with Crippen molar-refractivity contribution in [1.29, 1.82) is 0 Å². The van der Waals surface area contributed by atoms with Crippen LogP contribution in [0.15, 0.2) is 18.2 Å². The lowest BCUT2D eigenvalue weighted by molar-refractivity contribution is -0.120. The highest BCUT2D eigenvalue weighted by Gasteiger charge is 2.39. The molecule has 0 spiro atoms. The van der Waals surface area contributed by atoms with Crippen molar-refractivity contribution in [2.45, 2.75) is 50.4 Å². The van der Waals surface area contributed by atoms with Crippen LogP contribution < -0.4 is 4.90 Å². The third kappa shape index (κ3) is 2.58. The number of fused-ring (bicyclic) bond motifs is 1. The van der Waals surface area contributed by atoms with E-state index in [1.54, 1.807) is 0 Å². The zero-order chi connectivity index (χ0) is 13.6. The number of carbonyl (C=O) groups excluding carboxylic acids is 1. The van der Waals surface area contributed by atoms with Gasteiger partial charge in [0.25, 0.3) is 0 Å². The van der Waals surface area contributed by atoms with Gasteiger partial charge in [-0.3, -0.25) is 4.79 Å². The second kappa shape index (κ2) is 4.93. The second-order valence-corrected chi connectivity index (χ2v) is 7.55. The molecular weight excluding hydrogens is 302 g/mol. The smallest absolute Gasteiger partial charge is 0.230 e. The minimum Gasteiger partial charge on any atom is -0.309 e. The minimum atomic E-state index is 0.302. The number of anilines is 1. The second-order valence-electron chi connectivity index (χ2n) is 5.98. The molecule has 2 aliphatic rings. The fourth-order valence-electron chi connectivity index (χ4n) is 3.00. The summed E-state index contributed by atoms with van der Waals surface area (Å²) in [6, 6.07) is 6.91. The molecule has 2 atom stereocenters. The lowest BCUT2D eigenvalue weighted by Crippen LogP contribution is -2.36. The summed E-state index contributed by atoms with van der Waals surface area (Å²) in [7, 11) is 0. The van der Waals surface area contributed by atoms with Crippen molar-refractivity contribution >= 4 is 27.5 Å². The van der Waals surface area contributed by atoms with Gasteiger partial charge in [0, 0.05) is 22.5 Å². The number of amides is 1. The molecular formula is C16H20BrNO. The Hall–Kier alpha value is -0.830. The monoisotopic (exact) mass is 321 g/mol. The maximum Gasteiger partial charge on any atom is 0.230 e.